The van der Waals surface area contributed by atoms with Crippen molar-refractivity contribution in [2.24, 2.45) is 0 Å². The molecule has 1 aromatic carbocycles. The fraction of sp³-hybridized carbons (Fsp3) is 0.500. The van der Waals surface area contributed by atoms with Gasteiger partial charge in [0.05, 0.1) is 19.1 Å². The van der Waals surface area contributed by atoms with Crippen molar-refractivity contribution in [3.8, 4) is 0 Å². The van der Waals surface area contributed by atoms with Crippen molar-refractivity contribution < 1.29 is 19.4 Å². The van der Waals surface area contributed by atoms with E-state index in [1.165, 1.54) is 5.56 Å². The maximum atomic E-state index is 12.2. The van der Waals surface area contributed by atoms with Gasteiger partial charge >= 0.3 is 5.97 Å². The molecule has 0 saturated heterocycles. The van der Waals surface area contributed by atoms with E-state index >= 15 is 0 Å². The van der Waals surface area contributed by atoms with Gasteiger partial charge in [-0.15, -0.1) is 0 Å². The van der Waals surface area contributed by atoms with Gasteiger partial charge in [-0.05, 0) is 36.8 Å². The highest BCUT2D eigenvalue weighted by Crippen LogP contribution is 2.33. The summed E-state index contributed by atoms with van der Waals surface area (Å²) in [5.41, 5.74) is 1.20. The van der Waals surface area contributed by atoms with Crippen molar-refractivity contribution in [3.63, 3.8) is 0 Å². The van der Waals surface area contributed by atoms with Crippen molar-refractivity contribution in [1.29, 1.82) is 0 Å². The van der Waals surface area contributed by atoms with Crippen LogP contribution in [0.15, 0.2) is 24.3 Å². The Labute approximate surface area is 123 Å². The van der Waals surface area contributed by atoms with Gasteiger partial charge in [0, 0.05) is 0 Å². The Morgan fingerprint density at radius 3 is 2.76 bits per heavy atom. The van der Waals surface area contributed by atoms with Crippen molar-refractivity contribution in [2.45, 2.75) is 43.7 Å². The summed E-state index contributed by atoms with van der Waals surface area (Å²) in [4.78, 5) is 23.5. The SMILES string of the molecule is O=C(CC1OCCc2ccccc21)NC1(C(=O)O)CCC1. The normalized spacial score (nSPS) is 22.8. The molecule has 5 heteroatoms. The highest BCUT2D eigenvalue weighted by molar-refractivity contribution is 5.88. The minimum atomic E-state index is -1.05. The number of fused-ring (bicyclic) bond motifs is 1. The molecule has 2 N–H and O–H groups in total. The molecule has 112 valence electrons. The number of ether oxygens (including phenoxy) is 1. The van der Waals surface area contributed by atoms with Crippen LogP contribution in [0.1, 0.15) is 42.9 Å². The summed E-state index contributed by atoms with van der Waals surface area (Å²) < 4.78 is 5.69. The molecule has 5 nitrogen and oxygen atoms in total. The third kappa shape index (κ3) is 2.65. The lowest BCUT2D eigenvalue weighted by atomic mass is 9.76. The number of carboxylic acids is 1. The van der Waals surface area contributed by atoms with Crippen molar-refractivity contribution in [2.75, 3.05) is 6.61 Å². The van der Waals surface area contributed by atoms with E-state index in [4.69, 9.17) is 4.74 Å². The zero-order valence-electron chi connectivity index (χ0n) is 11.8. The number of carboxylic acid groups (broad SMARTS) is 1. The van der Waals surface area contributed by atoms with Gasteiger partial charge in [-0.1, -0.05) is 24.3 Å². The first-order valence-electron chi connectivity index (χ1n) is 7.34. The minimum Gasteiger partial charge on any atom is -0.480 e. The van der Waals surface area contributed by atoms with E-state index in [-0.39, 0.29) is 18.4 Å². The van der Waals surface area contributed by atoms with Gasteiger partial charge in [-0.3, -0.25) is 4.79 Å². The fourth-order valence-corrected chi connectivity index (χ4v) is 3.05. The largest absolute Gasteiger partial charge is 0.480 e. The molecule has 1 saturated carbocycles. The van der Waals surface area contributed by atoms with Gasteiger partial charge in [0.1, 0.15) is 5.54 Å². The highest BCUT2D eigenvalue weighted by atomic mass is 16.5. The standard InChI is InChI=1S/C16H19NO4/c18-14(17-16(15(19)20)7-3-8-16)10-13-12-5-2-1-4-11(12)6-9-21-13/h1-2,4-5,13H,3,6-10H2,(H,17,18)(H,19,20). The number of carbonyl (C=O) groups excluding carboxylic acids is 1. The molecule has 1 atom stereocenters. The van der Waals surface area contributed by atoms with Crippen LogP contribution in [0.3, 0.4) is 0 Å². The minimum absolute atomic E-state index is 0.173. The number of nitrogens with one attached hydrogen (secondary N) is 1. The molecular formula is C16H19NO4. The fourth-order valence-electron chi connectivity index (χ4n) is 3.05. The summed E-state index contributed by atoms with van der Waals surface area (Å²) >= 11 is 0. The van der Waals surface area contributed by atoms with Gasteiger partial charge in [0.25, 0.3) is 0 Å². The van der Waals surface area contributed by atoms with Crippen LogP contribution in [0.2, 0.25) is 0 Å². The average molecular weight is 289 g/mol. The lowest BCUT2D eigenvalue weighted by Crippen LogP contribution is -2.59. The third-order valence-electron chi connectivity index (χ3n) is 4.46. The Bertz CT molecular complexity index is 565. The Balaban J connectivity index is 1.67. The van der Waals surface area contributed by atoms with Crippen LogP contribution in [0.4, 0.5) is 0 Å². The van der Waals surface area contributed by atoms with Gasteiger partial charge in [0.15, 0.2) is 0 Å². The zero-order valence-corrected chi connectivity index (χ0v) is 11.8. The number of rotatable bonds is 4. The smallest absolute Gasteiger partial charge is 0.329 e. The molecule has 0 spiro atoms. The first kappa shape index (κ1) is 14.1. The molecule has 1 aliphatic carbocycles. The highest BCUT2D eigenvalue weighted by Gasteiger charge is 2.45. The Morgan fingerprint density at radius 1 is 1.33 bits per heavy atom. The number of amides is 1. The molecule has 0 bridgehead atoms. The molecule has 1 fully saturated rings. The summed E-state index contributed by atoms with van der Waals surface area (Å²) in [5, 5.41) is 11.9. The number of hydrogen-bond donors (Lipinski definition) is 2. The molecule has 21 heavy (non-hydrogen) atoms. The van der Waals surface area contributed by atoms with Crippen molar-refractivity contribution in [3.05, 3.63) is 35.4 Å². The quantitative estimate of drug-likeness (QED) is 0.886. The summed E-state index contributed by atoms with van der Waals surface area (Å²) in [6.45, 7) is 0.596. The second-order valence-corrected chi connectivity index (χ2v) is 5.80. The Hall–Kier alpha value is -1.88. The molecular weight excluding hydrogens is 270 g/mol. The first-order valence-corrected chi connectivity index (χ1v) is 7.34. The van der Waals surface area contributed by atoms with E-state index in [9.17, 15) is 14.7 Å². The second-order valence-electron chi connectivity index (χ2n) is 5.80. The van der Waals surface area contributed by atoms with E-state index < -0.39 is 11.5 Å². The topological polar surface area (TPSA) is 75.6 Å². The maximum Gasteiger partial charge on any atom is 0.329 e. The first-order chi connectivity index (χ1) is 10.1. The van der Waals surface area contributed by atoms with Crippen LogP contribution in [-0.2, 0) is 20.7 Å². The van der Waals surface area contributed by atoms with Crippen LogP contribution in [0.5, 0.6) is 0 Å². The Kier molecular flexibility index (Phi) is 3.68. The average Bonchev–Trinajstić information content (AvgIpc) is 2.43. The van der Waals surface area contributed by atoms with Gasteiger partial charge in [-0.2, -0.15) is 0 Å². The summed E-state index contributed by atoms with van der Waals surface area (Å²) in [6, 6.07) is 7.94. The molecule has 1 heterocycles. The van der Waals surface area contributed by atoms with E-state index in [0.717, 1.165) is 18.4 Å². The molecule has 3 rings (SSSR count). The number of aliphatic carboxylic acids is 1. The predicted molar refractivity (Wildman–Crippen MR) is 75.8 cm³/mol. The molecule has 0 radical (unpaired) electrons. The van der Waals surface area contributed by atoms with Crippen LogP contribution in [0.25, 0.3) is 0 Å². The molecule has 1 aliphatic heterocycles. The second kappa shape index (κ2) is 5.48. The molecule has 1 unspecified atom stereocenters. The van der Waals surface area contributed by atoms with Crippen LogP contribution in [-0.4, -0.2) is 29.1 Å². The molecule has 1 aromatic rings. The predicted octanol–water partition coefficient (Wildman–Crippen LogP) is 1.81. The van der Waals surface area contributed by atoms with Crippen LogP contribution in [0, 0.1) is 0 Å². The summed E-state index contributed by atoms with van der Waals surface area (Å²) in [5.74, 6) is -1.19. The van der Waals surface area contributed by atoms with Gasteiger partial charge in [0.2, 0.25) is 5.91 Å². The summed E-state index contributed by atoms with van der Waals surface area (Å²) in [7, 11) is 0. The van der Waals surface area contributed by atoms with E-state index in [1.807, 2.05) is 24.3 Å². The van der Waals surface area contributed by atoms with Gasteiger partial charge < -0.3 is 15.2 Å². The number of carbonyl (C=O) groups is 2. The lowest BCUT2D eigenvalue weighted by molar-refractivity contribution is -0.152. The van der Waals surface area contributed by atoms with Crippen LogP contribution >= 0.6 is 0 Å². The molecule has 2 aliphatic rings. The summed E-state index contributed by atoms with van der Waals surface area (Å²) in [6.07, 6.45) is 2.61. The van der Waals surface area contributed by atoms with E-state index in [1.54, 1.807) is 0 Å². The zero-order chi connectivity index (χ0) is 14.9. The maximum absolute atomic E-state index is 12.2. The van der Waals surface area contributed by atoms with Crippen molar-refractivity contribution >= 4 is 11.9 Å². The molecule has 0 aromatic heterocycles. The molecule has 1 amide bonds. The van der Waals surface area contributed by atoms with Crippen molar-refractivity contribution in [1.82, 2.24) is 5.32 Å². The lowest BCUT2D eigenvalue weighted by Gasteiger charge is -2.38. The van der Waals surface area contributed by atoms with Gasteiger partial charge in [-0.25, -0.2) is 4.79 Å². The van der Waals surface area contributed by atoms with Crippen LogP contribution < -0.4 is 5.32 Å². The van der Waals surface area contributed by atoms with E-state index in [0.29, 0.717) is 19.4 Å². The van der Waals surface area contributed by atoms with E-state index in [2.05, 4.69) is 5.32 Å². The Morgan fingerprint density at radius 2 is 2.10 bits per heavy atom. The number of benzene rings is 1. The monoisotopic (exact) mass is 289 g/mol. The number of hydrogen-bond acceptors (Lipinski definition) is 3. The third-order valence-corrected chi connectivity index (χ3v) is 4.46.